The third-order valence-electron chi connectivity index (χ3n) is 5.64. The van der Waals surface area contributed by atoms with Gasteiger partial charge in [0.05, 0.1) is 13.7 Å². The molecule has 164 valence electrons. The van der Waals surface area contributed by atoms with Crippen molar-refractivity contribution in [3.63, 3.8) is 0 Å². The molecule has 5 nitrogen and oxygen atoms in total. The van der Waals surface area contributed by atoms with Crippen LogP contribution in [0.15, 0.2) is 65.6 Å². The quantitative estimate of drug-likeness (QED) is 0.426. The molecule has 7 heteroatoms. The summed E-state index contributed by atoms with van der Waals surface area (Å²) in [6.45, 7) is 2.20. The van der Waals surface area contributed by atoms with Crippen LogP contribution >= 0.6 is 0 Å². The van der Waals surface area contributed by atoms with Gasteiger partial charge in [-0.3, -0.25) is 9.59 Å². The van der Waals surface area contributed by atoms with E-state index in [0.717, 1.165) is 39.9 Å². The van der Waals surface area contributed by atoms with Crippen molar-refractivity contribution in [2.45, 2.75) is 26.4 Å². The van der Waals surface area contributed by atoms with Crippen molar-refractivity contribution in [1.29, 1.82) is 0 Å². The minimum Gasteiger partial charge on any atom is -0.468 e. The fraction of sp³-hybridized carbons (Fsp3) is 0.200. The van der Waals surface area contributed by atoms with Gasteiger partial charge in [-0.15, -0.1) is 0 Å². The third-order valence-corrected chi connectivity index (χ3v) is 5.64. The summed E-state index contributed by atoms with van der Waals surface area (Å²) >= 11 is 0. The predicted molar refractivity (Wildman–Crippen MR) is 118 cm³/mol. The van der Waals surface area contributed by atoms with Crippen LogP contribution in [-0.2, 0) is 29.0 Å². The number of ether oxygens (including phenoxy) is 1. The molecule has 0 fully saturated rings. The highest BCUT2D eigenvalue weighted by Crippen LogP contribution is 2.28. The number of aromatic nitrogens is 2. The average Bonchev–Trinajstić information content (AvgIpc) is 3.04. The van der Waals surface area contributed by atoms with Crippen LogP contribution in [0.2, 0.25) is 0 Å². The molecule has 0 N–H and O–H groups in total. The van der Waals surface area contributed by atoms with Gasteiger partial charge in [-0.05, 0) is 41.8 Å². The summed E-state index contributed by atoms with van der Waals surface area (Å²) in [4.78, 5) is 24.3. The second-order valence-corrected chi connectivity index (χ2v) is 7.67. The molecule has 32 heavy (non-hydrogen) atoms. The lowest BCUT2D eigenvalue weighted by Crippen LogP contribution is -2.20. The van der Waals surface area contributed by atoms with E-state index in [4.69, 9.17) is 4.74 Å². The van der Waals surface area contributed by atoms with E-state index in [1.54, 1.807) is 12.3 Å². The molecule has 0 unspecified atom stereocenters. The Morgan fingerprint density at radius 1 is 1.00 bits per heavy atom. The van der Waals surface area contributed by atoms with Crippen molar-refractivity contribution in [3.05, 3.63) is 105 Å². The van der Waals surface area contributed by atoms with Gasteiger partial charge in [0, 0.05) is 35.3 Å². The van der Waals surface area contributed by atoms with Crippen molar-refractivity contribution in [2.24, 2.45) is 0 Å². The van der Waals surface area contributed by atoms with Crippen LogP contribution in [0, 0.1) is 18.6 Å². The van der Waals surface area contributed by atoms with E-state index in [1.807, 2.05) is 35.8 Å². The van der Waals surface area contributed by atoms with Crippen molar-refractivity contribution >= 4 is 16.9 Å². The maximum atomic E-state index is 13.6. The zero-order valence-corrected chi connectivity index (χ0v) is 17.8. The average molecular weight is 436 g/mol. The van der Waals surface area contributed by atoms with Gasteiger partial charge in [0.25, 0.3) is 5.56 Å². The molecule has 0 atom stereocenters. The number of methoxy groups -OCH3 is 1. The van der Waals surface area contributed by atoms with E-state index in [-0.39, 0.29) is 24.6 Å². The number of esters is 1. The Hall–Kier alpha value is -3.74. The molecule has 0 saturated heterocycles. The first kappa shape index (κ1) is 21.5. The lowest BCUT2D eigenvalue weighted by molar-refractivity contribution is -0.141. The largest absolute Gasteiger partial charge is 0.468 e. The number of hydrogen-bond acceptors (Lipinski definition) is 3. The molecule has 0 aliphatic carbocycles. The van der Waals surface area contributed by atoms with E-state index < -0.39 is 11.6 Å². The van der Waals surface area contributed by atoms with Crippen LogP contribution in [0.3, 0.4) is 0 Å². The monoisotopic (exact) mass is 436 g/mol. The highest BCUT2D eigenvalue weighted by molar-refractivity contribution is 5.87. The molecular formula is C25H22F2N2O3. The van der Waals surface area contributed by atoms with Gasteiger partial charge in [-0.2, -0.15) is 0 Å². The standard InChI is InChI=1S/C25H22F2N2O3/c1-16-20(19-5-3-4-6-23(19)29(16)15-25(31)32-2)11-17-8-10-24(30)28(13-17)14-18-7-9-21(26)22(27)12-18/h3-10,12-13H,11,14-15H2,1-2H3. The van der Waals surface area contributed by atoms with Gasteiger partial charge in [0.15, 0.2) is 11.6 Å². The Bertz CT molecular complexity index is 1370. The van der Waals surface area contributed by atoms with E-state index in [0.29, 0.717) is 12.0 Å². The summed E-state index contributed by atoms with van der Waals surface area (Å²) in [5.74, 6) is -2.20. The zero-order valence-electron chi connectivity index (χ0n) is 17.8. The van der Waals surface area contributed by atoms with Crippen molar-refractivity contribution in [2.75, 3.05) is 7.11 Å². The third kappa shape index (κ3) is 4.19. The molecule has 0 aliphatic heterocycles. The number of fused-ring (bicyclic) bond motifs is 1. The molecule has 0 saturated carbocycles. The van der Waals surface area contributed by atoms with Crippen LogP contribution in [0.4, 0.5) is 8.78 Å². The Balaban J connectivity index is 1.70. The molecule has 2 aromatic carbocycles. The highest BCUT2D eigenvalue weighted by Gasteiger charge is 2.17. The number of carbonyl (C=O) groups is 1. The topological polar surface area (TPSA) is 53.2 Å². The first-order valence-electron chi connectivity index (χ1n) is 10.1. The fourth-order valence-corrected chi connectivity index (χ4v) is 3.97. The minimum atomic E-state index is -0.944. The maximum Gasteiger partial charge on any atom is 0.325 e. The van der Waals surface area contributed by atoms with Gasteiger partial charge in [0.2, 0.25) is 0 Å². The SMILES string of the molecule is COC(=O)Cn1c(C)c(Cc2ccc(=O)n(Cc3ccc(F)c(F)c3)c2)c2ccccc21. The number of rotatable bonds is 6. The normalized spacial score (nSPS) is 11.1. The van der Waals surface area contributed by atoms with Crippen molar-refractivity contribution in [1.82, 2.24) is 9.13 Å². The molecular weight excluding hydrogens is 414 g/mol. The number of para-hydroxylation sites is 1. The van der Waals surface area contributed by atoms with E-state index in [2.05, 4.69) is 0 Å². The van der Waals surface area contributed by atoms with Crippen LogP contribution in [-0.4, -0.2) is 22.2 Å². The summed E-state index contributed by atoms with van der Waals surface area (Å²) in [6.07, 6.45) is 2.27. The Kier molecular flexibility index (Phi) is 5.90. The number of benzene rings is 2. The first-order chi connectivity index (χ1) is 15.4. The van der Waals surface area contributed by atoms with Crippen LogP contribution in [0.1, 0.15) is 22.4 Å². The van der Waals surface area contributed by atoms with E-state index >= 15 is 0 Å². The molecule has 0 spiro atoms. The lowest BCUT2D eigenvalue weighted by atomic mass is 10.0. The number of halogens is 2. The van der Waals surface area contributed by atoms with Crippen LogP contribution in [0.5, 0.6) is 0 Å². The number of nitrogens with zero attached hydrogens (tertiary/aromatic N) is 2. The molecule has 0 bridgehead atoms. The molecule has 0 amide bonds. The highest BCUT2D eigenvalue weighted by atomic mass is 19.2. The smallest absolute Gasteiger partial charge is 0.325 e. The predicted octanol–water partition coefficient (Wildman–Crippen LogP) is 4.20. The van der Waals surface area contributed by atoms with E-state index in [1.165, 1.54) is 23.8 Å². The maximum absolute atomic E-state index is 13.6. The Morgan fingerprint density at radius 3 is 2.50 bits per heavy atom. The van der Waals surface area contributed by atoms with Gasteiger partial charge in [0.1, 0.15) is 6.54 Å². The molecule has 4 rings (SSSR count). The van der Waals surface area contributed by atoms with Gasteiger partial charge in [-0.1, -0.05) is 30.3 Å². The van der Waals surface area contributed by atoms with Crippen molar-refractivity contribution < 1.29 is 18.3 Å². The molecule has 2 aromatic heterocycles. The first-order valence-corrected chi connectivity index (χ1v) is 10.1. The van der Waals surface area contributed by atoms with Crippen LogP contribution in [0.25, 0.3) is 10.9 Å². The zero-order chi connectivity index (χ0) is 22.8. The number of hydrogen-bond donors (Lipinski definition) is 0. The Labute approximate surface area is 183 Å². The molecule has 0 aliphatic rings. The van der Waals surface area contributed by atoms with Crippen LogP contribution < -0.4 is 5.56 Å². The van der Waals surface area contributed by atoms with Gasteiger partial charge in [-0.25, -0.2) is 8.78 Å². The molecule has 2 heterocycles. The molecule has 4 aromatic rings. The summed E-state index contributed by atoms with van der Waals surface area (Å²) in [5, 5.41) is 1.02. The summed E-state index contributed by atoms with van der Waals surface area (Å²) in [5.41, 5.74) is 4.06. The second kappa shape index (κ2) is 8.78. The van der Waals surface area contributed by atoms with Gasteiger partial charge < -0.3 is 13.9 Å². The van der Waals surface area contributed by atoms with Gasteiger partial charge >= 0.3 is 5.97 Å². The van der Waals surface area contributed by atoms with Crippen molar-refractivity contribution in [3.8, 4) is 0 Å². The molecule has 0 radical (unpaired) electrons. The Morgan fingerprint density at radius 2 is 1.75 bits per heavy atom. The number of carbonyl (C=O) groups excluding carboxylic acids is 1. The van der Waals surface area contributed by atoms with E-state index in [9.17, 15) is 18.4 Å². The fourth-order valence-electron chi connectivity index (χ4n) is 3.97. The minimum absolute atomic E-state index is 0.110. The lowest BCUT2D eigenvalue weighted by Gasteiger charge is -2.10. The number of pyridine rings is 1. The summed E-state index contributed by atoms with van der Waals surface area (Å²) < 4.78 is 35.0. The summed E-state index contributed by atoms with van der Waals surface area (Å²) in [7, 11) is 1.36. The second-order valence-electron chi connectivity index (χ2n) is 7.67. The summed E-state index contributed by atoms with van der Waals surface area (Å²) in [6, 6.07) is 14.7.